The fraction of sp³-hybridized carbons (Fsp3) is 0.643. The molecular formula is C28H36F3N3O3S. The second kappa shape index (κ2) is 8.40. The first-order valence-corrected chi connectivity index (χ1v) is 14.7. The maximum absolute atomic E-state index is 13.4. The zero-order valence-electron chi connectivity index (χ0n) is 22.3. The number of alkyl halides is 3. The normalized spacial score (nSPS) is 40.9. The van der Waals surface area contributed by atoms with E-state index >= 15 is 0 Å². The summed E-state index contributed by atoms with van der Waals surface area (Å²) in [5.74, 6) is 0.124. The van der Waals surface area contributed by atoms with E-state index in [1.165, 1.54) is 6.07 Å². The number of amides is 1. The lowest BCUT2D eigenvalue weighted by molar-refractivity contribution is -0.163. The van der Waals surface area contributed by atoms with E-state index in [0.717, 1.165) is 31.4 Å². The molecule has 0 spiro atoms. The summed E-state index contributed by atoms with van der Waals surface area (Å²) in [5.41, 5.74) is -2.62. The molecule has 3 aliphatic carbocycles. The number of likely N-dealkylation sites (N-methyl/N-ethyl adjacent to an activating group) is 1. The quantitative estimate of drug-likeness (QED) is 0.522. The number of rotatable bonds is 4. The molecule has 10 heteroatoms. The number of fused-ring (bicyclic) bond motifs is 5. The van der Waals surface area contributed by atoms with E-state index in [-0.39, 0.29) is 28.7 Å². The predicted molar refractivity (Wildman–Crippen MR) is 139 cm³/mol. The summed E-state index contributed by atoms with van der Waals surface area (Å²) >= 11 is 0. The minimum Gasteiger partial charge on any atom is -0.338 e. The average Bonchev–Trinajstić information content (AvgIpc) is 3.14. The molecule has 7 atom stereocenters. The zero-order chi connectivity index (χ0) is 27.9. The number of nitrogens with one attached hydrogen (secondary N) is 1. The molecule has 6 nitrogen and oxygen atoms in total. The van der Waals surface area contributed by atoms with Crippen LogP contribution in [-0.2, 0) is 21.0 Å². The van der Waals surface area contributed by atoms with Crippen LogP contribution in [0, 0.1) is 22.2 Å². The van der Waals surface area contributed by atoms with E-state index in [0.29, 0.717) is 25.3 Å². The highest BCUT2D eigenvalue weighted by Crippen LogP contribution is 2.72. The molecule has 38 heavy (non-hydrogen) atoms. The molecule has 1 heterocycles. The predicted octanol–water partition coefficient (Wildman–Crippen LogP) is 5.21. The number of benzene rings is 1. The Labute approximate surface area is 222 Å². The van der Waals surface area contributed by atoms with Crippen LogP contribution in [0.3, 0.4) is 0 Å². The Morgan fingerprint density at radius 2 is 1.76 bits per heavy atom. The molecular weight excluding hydrogens is 515 g/mol. The van der Waals surface area contributed by atoms with Crippen molar-refractivity contribution in [2.24, 2.45) is 27.2 Å². The van der Waals surface area contributed by atoms with Gasteiger partial charge < -0.3 is 4.90 Å². The van der Waals surface area contributed by atoms with Gasteiger partial charge in [0.2, 0.25) is 15.9 Å². The molecule has 3 fully saturated rings. The van der Waals surface area contributed by atoms with Crippen LogP contribution in [0.5, 0.6) is 0 Å². The standard InChI is InChI=1S/C28H36F3N3O3S/c1-24-15-16-25(2)21(33-38(36,37)19-8-6-7-18(17-19)28(29,30)31)11-14-27(25,32-4)20(24)9-10-22-26(24,3)13-12-23(35)34(22)5/h6-8,12-13,17,20-22,33H,4,9-11,14-16H2,1-3,5H3/t20-,21+,22-,24+,25-,26+,27-/m1/s1. The molecule has 208 valence electrons. The zero-order valence-corrected chi connectivity index (χ0v) is 23.1. The van der Waals surface area contributed by atoms with Gasteiger partial charge in [-0.05, 0) is 80.9 Å². The van der Waals surface area contributed by atoms with E-state index < -0.39 is 43.7 Å². The molecule has 3 saturated carbocycles. The van der Waals surface area contributed by atoms with Crippen molar-refractivity contribution in [2.75, 3.05) is 7.05 Å². The summed E-state index contributed by atoms with van der Waals surface area (Å²) in [5, 5.41) is 0. The molecule has 1 aromatic carbocycles. The number of nitrogens with zero attached hydrogens (tertiary/aromatic N) is 2. The van der Waals surface area contributed by atoms with Crippen molar-refractivity contribution < 1.29 is 26.4 Å². The first-order valence-electron chi connectivity index (χ1n) is 13.2. The van der Waals surface area contributed by atoms with Gasteiger partial charge in [-0.15, -0.1) is 0 Å². The van der Waals surface area contributed by atoms with Gasteiger partial charge in [-0.3, -0.25) is 9.79 Å². The monoisotopic (exact) mass is 551 g/mol. The molecule has 5 rings (SSSR count). The highest BCUT2D eigenvalue weighted by Gasteiger charge is 2.72. The van der Waals surface area contributed by atoms with Crippen molar-refractivity contribution in [2.45, 2.75) is 88.0 Å². The Morgan fingerprint density at radius 3 is 2.42 bits per heavy atom. The molecule has 0 aromatic heterocycles. The van der Waals surface area contributed by atoms with Crippen LogP contribution in [-0.4, -0.2) is 50.6 Å². The third-order valence-electron chi connectivity index (χ3n) is 11.2. The molecule has 0 saturated heterocycles. The molecule has 0 bridgehead atoms. The van der Waals surface area contributed by atoms with E-state index in [2.05, 4.69) is 38.3 Å². The SMILES string of the molecule is C=N[C@@]12CC[C@H](NS(=O)(=O)c3cccc(C(F)(F)F)c3)[C@@]1(C)CC[C@@]1(C)[C@H]2CC[C@H]2N(C)C(=O)C=C[C@@]21C. The van der Waals surface area contributed by atoms with Gasteiger partial charge in [0, 0.05) is 30.0 Å². The van der Waals surface area contributed by atoms with Crippen LogP contribution in [0.15, 0.2) is 46.3 Å². The number of carbonyl (C=O) groups is 1. The molecule has 1 N–H and O–H groups in total. The number of halogens is 3. The summed E-state index contributed by atoms with van der Waals surface area (Å²) < 4.78 is 69.3. The first-order chi connectivity index (χ1) is 17.6. The largest absolute Gasteiger partial charge is 0.416 e. The first kappa shape index (κ1) is 27.4. The third-order valence-corrected chi connectivity index (χ3v) is 12.6. The lowest BCUT2D eigenvalue weighted by Gasteiger charge is -2.68. The third kappa shape index (κ3) is 3.51. The van der Waals surface area contributed by atoms with Gasteiger partial charge in [-0.25, -0.2) is 13.1 Å². The van der Waals surface area contributed by atoms with Crippen molar-refractivity contribution in [3.8, 4) is 0 Å². The fourth-order valence-electron chi connectivity index (χ4n) is 8.73. The highest BCUT2D eigenvalue weighted by molar-refractivity contribution is 7.89. The molecule has 1 aromatic rings. The number of hydrogen-bond donors (Lipinski definition) is 1. The van der Waals surface area contributed by atoms with Gasteiger partial charge >= 0.3 is 6.18 Å². The lowest BCUT2D eigenvalue weighted by atomic mass is 9.39. The number of hydrogen-bond acceptors (Lipinski definition) is 4. The second-order valence-electron chi connectivity index (χ2n) is 12.4. The average molecular weight is 552 g/mol. The Kier molecular flexibility index (Phi) is 6.05. The van der Waals surface area contributed by atoms with Crippen molar-refractivity contribution >= 4 is 22.6 Å². The van der Waals surface area contributed by atoms with Crippen LogP contribution < -0.4 is 4.72 Å². The smallest absolute Gasteiger partial charge is 0.338 e. The van der Waals surface area contributed by atoms with Crippen molar-refractivity contribution in [3.63, 3.8) is 0 Å². The number of sulfonamides is 1. The maximum atomic E-state index is 13.4. The molecule has 1 aliphatic heterocycles. The number of aliphatic imine (C=N–C) groups is 1. The lowest BCUT2D eigenvalue weighted by Crippen LogP contribution is -2.69. The van der Waals surface area contributed by atoms with Crippen molar-refractivity contribution in [1.29, 1.82) is 0 Å². The van der Waals surface area contributed by atoms with E-state index in [9.17, 15) is 26.4 Å². The van der Waals surface area contributed by atoms with Crippen molar-refractivity contribution in [1.82, 2.24) is 9.62 Å². The fourth-order valence-corrected chi connectivity index (χ4v) is 10.2. The maximum Gasteiger partial charge on any atom is 0.416 e. The van der Waals surface area contributed by atoms with Gasteiger partial charge in [0.25, 0.3) is 0 Å². The van der Waals surface area contributed by atoms with Gasteiger partial charge in [-0.2, -0.15) is 13.2 Å². The van der Waals surface area contributed by atoms with Gasteiger partial charge in [-0.1, -0.05) is 32.9 Å². The minimum absolute atomic E-state index is 0.0108. The topological polar surface area (TPSA) is 78.8 Å². The summed E-state index contributed by atoms with van der Waals surface area (Å²) in [6.45, 7) is 10.6. The summed E-state index contributed by atoms with van der Waals surface area (Å²) in [6.07, 6.45) is 3.43. The summed E-state index contributed by atoms with van der Waals surface area (Å²) in [4.78, 5) is 18.7. The molecule has 0 unspecified atom stereocenters. The van der Waals surface area contributed by atoms with E-state index in [4.69, 9.17) is 4.99 Å². The number of carbonyl (C=O) groups excluding carboxylic acids is 1. The van der Waals surface area contributed by atoms with Crippen LogP contribution in [0.2, 0.25) is 0 Å². The van der Waals surface area contributed by atoms with Crippen molar-refractivity contribution in [3.05, 3.63) is 42.0 Å². The highest BCUT2D eigenvalue weighted by atomic mass is 32.2. The van der Waals surface area contributed by atoms with Crippen LogP contribution >= 0.6 is 0 Å². The Bertz CT molecular complexity index is 1310. The van der Waals surface area contributed by atoms with E-state index in [1.807, 2.05) is 11.9 Å². The van der Waals surface area contributed by atoms with Gasteiger partial charge in [0.1, 0.15) is 0 Å². The molecule has 0 radical (unpaired) electrons. The van der Waals surface area contributed by atoms with Crippen LogP contribution in [0.1, 0.15) is 64.9 Å². The molecule has 1 amide bonds. The van der Waals surface area contributed by atoms with E-state index in [1.54, 1.807) is 6.08 Å². The Morgan fingerprint density at radius 1 is 1.08 bits per heavy atom. The van der Waals surface area contributed by atoms with Gasteiger partial charge in [0.05, 0.1) is 16.0 Å². The van der Waals surface area contributed by atoms with Gasteiger partial charge in [0.15, 0.2) is 0 Å². The minimum atomic E-state index is -4.64. The second-order valence-corrected chi connectivity index (χ2v) is 14.1. The summed E-state index contributed by atoms with van der Waals surface area (Å²) in [6, 6.07) is 3.45. The molecule has 4 aliphatic rings. The summed E-state index contributed by atoms with van der Waals surface area (Å²) in [7, 11) is -2.34. The Hall–Kier alpha value is -2.20. The van der Waals surface area contributed by atoms with Crippen LogP contribution in [0.4, 0.5) is 13.2 Å². The van der Waals surface area contributed by atoms with Crippen LogP contribution in [0.25, 0.3) is 0 Å². The Balaban J connectivity index is 1.50.